The third-order valence-electron chi connectivity index (χ3n) is 3.14. The third-order valence-corrected chi connectivity index (χ3v) is 4.01. The number of imide groups is 1. The maximum absolute atomic E-state index is 11.9. The first-order chi connectivity index (χ1) is 9.16. The van der Waals surface area contributed by atoms with E-state index in [4.69, 9.17) is 0 Å². The summed E-state index contributed by atoms with van der Waals surface area (Å²) in [5.74, 6) is -0.468. The maximum atomic E-state index is 11.9. The molecular weight excluding hydrogens is 260 g/mol. The lowest BCUT2D eigenvalue weighted by atomic mass is 10.1. The highest BCUT2D eigenvalue weighted by atomic mass is 32.1. The summed E-state index contributed by atoms with van der Waals surface area (Å²) in [4.78, 5) is 26.0. The van der Waals surface area contributed by atoms with Crippen molar-refractivity contribution in [2.45, 2.75) is 6.54 Å². The first-order valence-corrected chi connectivity index (χ1v) is 6.77. The topological polar surface area (TPSA) is 49.4 Å². The second-order valence-electron chi connectivity index (χ2n) is 4.36. The van der Waals surface area contributed by atoms with Crippen LogP contribution >= 0.6 is 11.3 Å². The van der Waals surface area contributed by atoms with Crippen LogP contribution in [0, 0.1) is 0 Å². The molecule has 0 aliphatic carbocycles. The van der Waals surface area contributed by atoms with Gasteiger partial charge < -0.3 is 5.32 Å². The molecule has 19 heavy (non-hydrogen) atoms. The standard InChI is InChI=1S/C14H12N2O2S/c1-16-13(17)11-5-4-9(7-12(11)14(16)18)15-8-10-3-2-6-19-10/h2-7,15H,8H2,1H3. The summed E-state index contributed by atoms with van der Waals surface area (Å²) in [7, 11) is 1.50. The number of nitrogens with zero attached hydrogens (tertiary/aromatic N) is 1. The molecule has 0 saturated carbocycles. The van der Waals surface area contributed by atoms with Crippen LogP contribution in [0.15, 0.2) is 35.7 Å². The molecule has 3 rings (SSSR count). The lowest BCUT2D eigenvalue weighted by molar-refractivity contribution is 0.0693. The van der Waals surface area contributed by atoms with E-state index in [1.807, 2.05) is 23.6 Å². The Kier molecular flexibility index (Phi) is 2.83. The fraction of sp³-hybridized carbons (Fsp3) is 0.143. The van der Waals surface area contributed by atoms with E-state index in [2.05, 4.69) is 5.32 Å². The molecule has 4 nitrogen and oxygen atoms in total. The van der Waals surface area contributed by atoms with Gasteiger partial charge in [0.1, 0.15) is 0 Å². The molecule has 0 saturated heterocycles. The van der Waals surface area contributed by atoms with Crippen LogP contribution in [0.3, 0.4) is 0 Å². The Hall–Kier alpha value is -2.14. The van der Waals surface area contributed by atoms with E-state index in [0.29, 0.717) is 17.7 Å². The van der Waals surface area contributed by atoms with Crippen molar-refractivity contribution in [2.24, 2.45) is 0 Å². The first-order valence-electron chi connectivity index (χ1n) is 5.89. The molecule has 96 valence electrons. The van der Waals surface area contributed by atoms with Gasteiger partial charge in [-0.3, -0.25) is 14.5 Å². The van der Waals surface area contributed by atoms with Crippen LogP contribution in [0.5, 0.6) is 0 Å². The Morgan fingerprint density at radius 1 is 1.16 bits per heavy atom. The Balaban J connectivity index is 1.83. The largest absolute Gasteiger partial charge is 0.380 e. The molecule has 1 aliphatic heterocycles. The Bertz CT molecular complexity index is 649. The molecule has 0 radical (unpaired) electrons. The van der Waals surface area contributed by atoms with Crippen molar-refractivity contribution in [3.63, 3.8) is 0 Å². The van der Waals surface area contributed by atoms with Gasteiger partial charge in [-0.05, 0) is 29.6 Å². The highest BCUT2D eigenvalue weighted by Crippen LogP contribution is 2.25. The average molecular weight is 272 g/mol. The summed E-state index contributed by atoms with van der Waals surface area (Å²) in [6.45, 7) is 0.717. The zero-order valence-corrected chi connectivity index (χ0v) is 11.2. The van der Waals surface area contributed by atoms with E-state index in [-0.39, 0.29) is 11.8 Å². The van der Waals surface area contributed by atoms with Crippen LogP contribution in [-0.2, 0) is 6.54 Å². The summed E-state index contributed by atoms with van der Waals surface area (Å²) in [5, 5.41) is 5.28. The number of nitrogens with one attached hydrogen (secondary N) is 1. The van der Waals surface area contributed by atoms with Crippen LogP contribution in [0.4, 0.5) is 5.69 Å². The van der Waals surface area contributed by atoms with Crippen LogP contribution < -0.4 is 5.32 Å². The number of benzene rings is 1. The van der Waals surface area contributed by atoms with E-state index in [1.54, 1.807) is 23.5 Å². The molecule has 2 heterocycles. The molecular formula is C14H12N2O2S. The van der Waals surface area contributed by atoms with Crippen LogP contribution in [0.25, 0.3) is 0 Å². The highest BCUT2D eigenvalue weighted by Gasteiger charge is 2.32. The Morgan fingerprint density at radius 3 is 2.68 bits per heavy atom. The van der Waals surface area contributed by atoms with Gasteiger partial charge in [-0.2, -0.15) is 0 Å². The molecule has 0 bridgehead atoms. The minimum atomic E-state index is -0.236. The molecule has 1 aromatic heterocycles. The summed E-state index contributed by atoms with van der Waals surface area (Å²) >= 11 is 1.68. The molecule has 0 unspecified atom stereocenters. The third kappa shape index (κ3) is 2.02. The number of carbonyl (C=O) groups is 2. The molecule has 0 atom stereocenters. The minimum absolute atomic E-state index is 0.232. The predicted molar refractivity (Wildman–Crippen MR) is 74.5 cm³/mol. The number of carbonyl (C=O) groups excluding carboxylic acids is 2. The van der Waals surface area contributed by atoms with Gasteiger partial charge >= 0.3 is 0 Å². The quantitative estimate of drug-likeness (QED) is 0.874. The summed E-state index contributed by atoms with van der Waals surface area (Å²) in [6, 6.07) is 9.33. The van der Waals surface area contributed by atoms with Crippen molar-refractivity contribution in [3.8, 4) is 0 Å². The van der Waals surface area contributed by atoms with Crippen LogP contribution in [-0.4, -0.2) is 23.8 Å². The van der Waals surface area contributed by atoms with Gasteiger partial charge in [0.25, 0.3) is 11.8 Å². The average Bonchev–Trinajstić information content (AvgIpc) is 3.01. The van der Waals surface area contributed by atoms with Crippen LogP contribution in [0.2, 0.25) is 0 Å². The molecule has 0 fully saturated rings. The van der Waals surface area contributed by atoms with Gasteiger partial charge in [0.2, 0.25) is 0 Å². The highest BCUT2D eigenvalue weighted by molar-refractivity contribution is 7.09. The van der Waals surface area contributed by atoms with Gasteiger partial charge in [-0.15, -0.1) is 11.3 Å². The number of amides is 2. The van der Waals surface area contributed by atoms with Gasteiger partial charge in [-0.25, -0.2) is 0 Å². The van der Waals surface area contributed by atoms with E-state index in [0.717, 1.165) is 10.6 Å². The summed E-state index contributed by atoms with van der Waals surface area (Å²) < 4.78 is 0. The number of anilines is 1. The number of rotatable bonds is 3. The first kappa shape index (κ1) is 11.9. The number of hydrogen-bond acceptors (Lipinski definition) is 4. The van der Waals surface area contributed by atoms with Gasteiger partial charge in [0.05, 0.1) is 11.1 Å². The van der Waals surface area contributed by atoms with E-state index < -0.39 is 0 Å². The second-order valence-corrected chi connectivity index (χ2v) is 5.39. The van der Waals surface area contributed by atoms with Crippen molar-refractivity contribution in [3.05, 3.63) is 51.7 Å². The fourth-order valence-corrected chi connectivity index (χ4v) is 2.72. The van der Waals surface area contributed by atoms with Crippen molar-refractivity contribution >= 4 is 28.8 Å². The molecule has 5 heteroatoms. The second kappa shape index (κ2) is 4.51. The Labute approximate surface area is 114 Å². The van der Waals surface area contributed by atoms with E-state index >= 15 is 0 Å². The van der Waals surface area contributed by atoms with Crippen LogP contribution in [0.1, 0.15) is 25.6 Å². The van der Waals surface area contributed by atoms with Crippen molar-refractivity contribution in [2.75, 3.05) is 12.4 Å². The van der Waals surface area contributed by atoms with E-state index in [9.17, 15) is 9.59 Å². The lowest BCUT2D eigenvalue weighted by Gasteiger charge is -2.05. The van der Waals surface area contributed by atoms with Crippen molar-refractivity contribution in [1.29, 1.82) is 0 Å². The predicted octanol–water partition coefficient (Wildman–Crippen LogP) is 2.59. The number of fused-ring (bicyclic) bond motifs is 1. The van der Waals surface area contributed by atoms with Gasteiger partial charge in [0, 0.05) is 24.2 Å². The molecule has 2 aromatic rings. The zero-order chi connectivity index (χ0) is 13.4. The molecule has 1 N–H and O–H groups in total. The fourth-order valence-electron chi connectivity index (χ4n) is 2.07. The van der Waals surface area contributed by atoms with Crippen molar-refractivity contribution < 1.29 is 9.59 Å². The molecule has 2 amide bonds. The normalized spacial score (nSPS) is 13.8. The zero-order valence-electron chi connectivity index (χ0n) is 10.3. The number of thiophene rings is 1. The monoisotopic (exact) mass is 272 g/mol. The lowest BCUT2D eigenvalue weighted by Crippen LogP contribution is -2.24. The van der Waals surface area contributed by atoms with E-state index in [1.165, 1.54) is 11.9 Å². The maximum Gasteiger partial charge on any atom is 0.261 e. The smallest absolute Gasteiger partial charge is 0.261 e. The molecule has 0 spiro atoms. The summed E-state index contributed by atoms with van der Waals surface area (Å²) in [6.07, 6.45) is 0. The van der Waals surface area contributed by atoms with Crippen molar-refractivity contribution in [1.82, 2.24) is 4.90 Å². The molecule has 1 aliphatic rings. The van der Waals surface area contributed by atoms with Gasteiger partial charge in [0.15, 0.2) is 0 Å². The Morgan fingerprint density at radius 2 is 1.95 bits per heavy atom. The molecule has 1 aromatic carbocycles. The minimum Gasteiger partial charge on any atom is -0.380 e. The number of hydrogen-bond donors (Lipinski definition) is 1. The SMILES string of the molecule is CN1C(=O)c2ccc(NCc3cccs3)cc2C1=O. The summed E-state index contributed by atoms with van der Waals surface area (Å²) in [5.41, 5.74) is 1.81. The van der Waals surface area contributed by atoms with Gasteiger partial charge in [-0.1, -0.05) is 6.07 Å².